The van der Waals surface area contributed by atoms with Gasteiger partial charge < -0.3 is 19.3 Å². The van der Waals surface area contributed by atoms with Crippen molar-refractivity contribution >= 4 is 23.2 Å². The number of methoxy groups -OCH3 is 2. The summed E-state index contributed by atoms with van der Waals surface area (Å²) in [5.41, 5.74) is 2.84. The Morgan fingerprint density at radius 1 is 1.07 bits per heavy atom. The number of fused-ring (bicyclic) bond motifs is 1. The molecular formula is C23H26N2O4. The Morgan fingerprint density at radius 3 is 2.62 bits per heavy atom. The Bertz CT molecular complexity index is 942. The fraction of sp³-hybridized carbons (Fsp3) is 0.391. The van der Waals surface area contributed by atoms with Gasteiger partial charge in [-0.25, -0.2) is 0 Å². The number of benzene rings is 2. The largest absolute Gasteiger partial charge is 0.497 e. The van der Waals surface area contributed by atoms with Crippen LogP contribution in [0.25, 0.3) is 0 Å². The lowest BCUT2D eigenvalue weighted by molar-refractivity contribution is -0.124. The first-order valence-corrected chi connectivity index (χ1v) is 9.97. The van der Waals surface area contributed by atoms with E-state index >= 15 is 0 Å². The van der Waals surface area contributed by atoms with Crippen molar-refractivity contribution in [3.05, 3.63) is 48.0 Å². The number of hydrogen-bond acceptors (Lipinski definition) is 4. The number of para-hydroxylation sites is 1. The summed E-state index contributed by atoms with van der Waals surface area (Å²) in [6, 6.07) is 13.5. The molecule has 0 spiro atoms. The predicted octanol–water partition coefficient (Wildman–Crippen LogP) is 3.42. The van der Waals surface area contributed by atoms with E-state index in [0.29, 0.717) is 23.7 Å². The number of carbonyl (C=O) groups is 2. The molecule has 152 valence electrons. The first-order valence-electron chi connectivity index (χ1n) is 9.97. The minimum Gasteiger partial charge on any atom is -0.497 e. The van der Waals surface area contributed by atoms with Gasteiger partial charge in [0.05, 0.1) is 25.8 Å². The minimum absolute atomic E-state index is 0.0213. The zero-order chi connectivity index (χ0) is 20.5. The van der Waals surface area contributed by atoms with Crippen LogP contribution in [0.5, 0.6) is 11.5 Å². The molecule has 2 atom stereocenters. The average molecular weight is 394 g/mol. The van der Waals surface area contributed by atoms with Gasteiger partial charge in [-0.2, -0.15) is 0 Å². The lowest BCUT2D eigenvalue weighted by atomic mass is 9.94. The predicted molar refractivity (Wildman–Crippen MR) is 112 cm³/mol. The number of ether oxygens (including phenoxy) is 2. The molecule has 2 aliphatic heterocycles. The van der Waals surface area contributed by atoms with E-state index in [1.54, 1.807) is 37.3 Å². The topological polar surface area (TPSA) is 59.1 Å². The molecule has 2 heterocycles. The maximum atomic E-state index is 13.4. The van der Waals surface area contributed by atoms with Gasteiger partial charge in [-0.05, 0) is 43.5 Å². The van der Waals surface area contributed by atoms with Gasteiger partial charge in [0.25, 0.3) is 0 Å². The molecule has 0 aliphatic carbocycles. The van der Waals surface area contributed by atoms with E-state index in [1.165, 1.54) is 5.56 Å². The summed E-state index contributed by atoms with van der Waals surface area (Å²) in [5, 5.41) is 0. The highest BCUT2D eigenvalue weighted by Crippen LogP contribution is 2.38. The van der Waals surface area contributed by atoms with Crippen LogP contribution in [0, 0.1) is 5.92 Å². The molecule has 6 nitrogen and oxygen atoms in total. The van der Waals surface area contributed by atoms with Crippen LogP contribution < -0.4 is 19.3 Å². The molecule has 0 saturated carbocycles. The van der Waals surface area contributed by atoms with Gasteiger partial charge in [0, 0.05) is 30.8 Å². The number of rotatable bonds is 4. The van der Waals surface area contributed by atoms with Crippen molar-refractivity contribution in [2.45, 2.75) is 32.2 Å². The van der Waals surface area contributed by atoms with Crippen LogP contribution in [-0.4, -0.2) is 38.6 Å². The van der Waals surface area contributed by atoms with E-state index in [2.05, 4.69) is 13.0 Å². The molecule has 2 amide bonds. The molecule has 0 aromatic heterocycles. The number of carbonyl (C=O) groups excluding carboxylic acids is 2. The third kappa shape index (κ3) is 3.43. The van der Waals surface area contributed by atoms with Crippen molar-refractivity contribution in [2.24, 2.45) is 5.92 Å². The highest BCUT2D eigenvalue weighted by molar-refractivity contribution is 6.05. The molecule has 1 saturated heterocycles. The minimum atomic E-state index is -0.372. The number of amides is 2. The molecule has 4 rings (SSSR count). The van der Waals surface area contributed by atoms with Crippen LogP contribution in [-0.2, 0) is 16.0 Å². The highest BCUT2D eigenvalue weighted by atomic mass is 16.5. The molecule has 0 radical (unpaired) electrons. The van der Waals surface area contributed by atoms with Gasteiger partial charge in [-0.1, -0.05) is 18.2 Å². The number of anilines is 2. The molecule has 0 bridgehead atoms. The van der Waals surface area contributed by atoms with Crippen LogP contribution in [0.4, 0.5) is 11.4 Å². The van der Waals surface area contributed by atoms with Gasteiger partial charge in [-0.3, -0.25) is 9.59 Å². The molecule has 2 unspecified atom stereocenters. The van der Waals surface area contributed by atoms with E-state index in [4.69, 9.17) is 9.47 Å². The lowest BCUT2D eigenvalue weighted by Crippen LogP contribution is -2.45. The Labute approximate surface area is 171 Å². The highest BCUT2D eigenvalue weighted by Gasteiger charge is 2.40. The van der Waals surface area contributed by atoms with E-state index in [1.807, 2.05) is 23.1 Å². The van der Waals surface area contributed by atoms with Crippen molar-refractivity contribution in [2.75, 3.05) is 30.6 Å². The van der Waals surface area contributed by atoms with E-state index in [0.717, 1.165) is 18.5 Å². The van der Waals surface area contributed by atoms with Crippen LogP contribution >= 0.6 is 0 Å². The second-order valence-corrected chi connectivity index (χ2v) is 7.67. The normalized spacial score (nSPS) is 21.1. The SMILES string of the molecule is COc1ccc(N2CC(C(=O)N3c4ccccc4CCC3C)CC2=O)c(OC)c1. The lowest BCUT2D eigenvalue weighted by Gasteiger charge is -2.36. The molecule has 2 aliphatic rings. The molecule has 2 aromatic carbocycles. The third-order valence-electron chi connectivity index (χ3n) is 5.91. The van der Waals surface area contributed by atoms with Crippen molar-refractivity contribution < 1.29 is 19.1 Å². The third-order valence-corrected chi connectivity index (χ3v) is 5.91. The second kappa shape index (κ2) is 7.78. The van der Waals surface area contributed by atoms with Crippen LogP contribution in [0.2, 0.25) is 0 Å². The smallest absolute Gasteiger partial charge is 0.232 e. The van der Waals surface area contributed by atoms with Gasteiger partial charge in [0.2, 0.25) is 11.8 Å². The summed E-state index contributed by atoms with van der Waals surface area (Å²) >= 11 is 0. The van der Waals surface area contributed by atoms with E-state index in [-0.39, 0.29) is 30.2 Å². The first kappa shape index (κ1) is 19.3. The van der Waals surface area contributed by atoms with Crippen LogP contribution in [0.1, 0.15) is 25.3 Å². The monoisotopic (exact) mass is 394 g/mol. The molecule has 2 aromatic rings. The summed E-state index contributed by atoms with van der Waals surface area (Å²) in [4.78, 5) is 29.8. The van der Waals surface area contributed by atoms with Gasteiger partial charge >= 0.3 is 0 Å². The summed E-state index contributed by atoms with van der Waals surface area (Å²) < 4.78 is 10.7. The van der Waals surface area contributed by atoms with Crippen LogP contribution in [0.15, 0.2) is 42.5 Å². The average Bonchev–Trinajstić information content (AvgIpc) is 3.14. The Morgan fingerprint density at radius 2 is 1.86 bits per heavy atom. The molecular weight excluding hydrogens is 368 g/mol. The Kier molecular flexibility index (Phi) is 5.18. The maximum Gasteiger partial charge on any atom is 0.232 e. The van der Waals surface area contributed by atoms with Gasteiger partial charge in [0.15, 0.2) is 0 Å². The van der Waals surface area contributed by atoms with Crippen molar-refractivity contribution in [1.82, 2.24) is 0 Å². The standard InChI is InChI=1S/C23H26N2O4/c1-15-8-9-16-6-4-5-7-19(16)25(15)23(27)17-12-22(26)24(14-17)20-11-10-18(28-2)13-21(20)29-3/h4-7,10-11,13,15,17H,8-9,12,14H2,1-3H3. The van der Waals surface area contributed by atoms with Crippen molar-refractivity contribution in [3.8, 4) is 11.5 Å². The first-order chi connectivity index (χ1) is 14.0. The van der Waals surface area contributed by atoms with Crippen LogP contribution in [0.3, 0.4) is 0 Å². The Hall–Kier alpha value is -3.02. The fourth-order valence-corrected chi connectivity index (χ4v) is 4.33. The maximum absolute atomic E-state index is 13.4. The van der Waals surface area contributed by atoms with E-state index < -0.39 is 0 Å². The number of hydrogen-bond donors (Lipinski definition) is 0. The van der Waals surface area contributed by atoms with E-state index in [9.17, 15) is 9.59 Å². The van der Waals surface area contributed by atoms with Gasteiger partial charge in [0.1, 0.15) is 11.5 Å². The molecule has 29 heavy (non-hydrogen) atoms. The Balaban J connectivity index is 1.59. The zero-order valence-corrected chi connectivity index (χ0v) is 17.1. The van der Waals surface area contributed by atoms with Gasteiger partial charge in [-0.15, -0.1) is 0 Å². The van der Waals surface area contributed by atoms with Crippen molar-refractivity contribution in [3.63, 3.8) is 0 Å². The summed E-state index contributed by atoms with van der Waals surface area (Å²) in [6.07, 6.45) is 2.11. The number of nitrogens with zero attached hydrogens (tertiary/aromatic N) is 2. The quantitative estimate of drug-likeness (QED) is 0.797. The second-order valence-electron chi connectivity index (χ2n) is 7.67. The summed E-state index contributed by atoms with van der Waals surface area (Å²) in [6.45, 7) is 2.43. The fourth-order valence-electron chi connectivity index (χ4n) is 4.33. The zero-order valence-electron chi connectivity index (χ0n) is 17.1. The van der Waals surface area contributed by atoms with Crippen molar-refractivity contribution in [1.29, 1.82) is 0 Å². The molecule has 6 heteroatoms. The summed E-state index contributed by atoms with van der Waals surface area (Å²) in [7, 11) is 3.15. The number of aryl methyl sites for hydroxylation is 1. The molecule has 0 N–H and O–H groups in total. The summed E-state index contributed by atoms with van der Waals surface area (Å²) in [5.74, 6) is 0.798. The molecule has 1 fully saturated rings.